The Morgan fingerprint density at radius 2 is 1.76 bits per heavy atom. The number of nitrogens with one attached hydrogen (secondary N) is 1. The Labute approximate surface area is 169 Å². The molecule has 0 unspecified atom stereocenters. The Kier molecular flexibility index (Phi) is 5.79. The van der Waals surface area contributed by atoms with Crippen molar-refractivity contribution >= 4 is 21.6 Å². The van der Waals surface area contributed by atoms with Crippen LogP contribution in [-0.2, 0) is 10.0 Å². The van der Waals surface area contributed by atoms with Gasteiger partial charge >= 0.3 is 0 Å². The Balaban J connectivity index is 1.98. The molecule has 150 valence electrons. The fourth-order valence-corrected chi connectivity index (χ4v) is 3.86. The number of benzene rings is 2. The maximum absolute atomic E-state index is 13.5. The van der Waals surface area contributed by atoms with E-state index in [2.05, 4.69) is 9.71 Å². The van der Waals surface area contributed by atoms with E-state index in [0.717, 1.165) is 11.6 Å². The molecule has 29 heavy (non-hydrogen) atoms. The Bertz CT molecular complexity index is 1160. The molecule has 0 spiro atoms. The van der Waals surface area contributed by atoms with Crippen molar-refractivity contribution in [1.82, 2.24) is 4.98 Å². The summed E-state index contributed by atoms with van der Waals surface area (Å²) in [5.74, 6) is -0.899. The summed E-state index contributed by atoms with van der Waals surface area (Å²) in [6.45, 7) is 5.77. The van der Waals surface area contributed by atoms with Crippen LogP contribution in [0.2, 0.25) is 0 Å². The number of pyridine rings is 1. The highest BCUT2D eigenvalue weighted by Gasteiger charge is 2.21. The van der Waals surface area contributed by atoms with E-state index in [9.17, 15) is 17.6 Å². The lowest BCUT2D eigenvalue weighted by Crippen LogP contribution is -2.17. The monoisotopic (exact) mass is 412 g/mol. The van der Waals surface area contributed by atoms with Gasteiger partial charge in [-0.2, -0.15) is 0 Å². The summed E-state index contributed by atoms with van der Waals surface area (Å²) in [5, 5.41) is 0. The minimum Gasteiger partial charge on any atom is -0.288 e. The second kappa shape index (κ2) is 8.13. The van der Waals surface area contributed by atoms with Crippen LogP contribution in [0.5, 0.6) is 0 Å². The first-order chi connectivity index (χ1) is 13.7. The zero-order valence-electron chi connectivity index (χ0n) is 16.3. The van der Waals surface area contributed by atoms with Gasteiger partial charge in [-0.15, -0.1) is 0 Å². The third kappa shape index (κ3) is 4.68. The normalized spacial score (nSPS) is 11.5. The lowest BCUT2D eigenvalue weighted by Gasteiger charge is -2.13. The summed E-state index contributed by atoms with van der Waals surface area (Å²) in [4.78, 5) is 17.0. The molecular formula is C22H21FN2O3S. The van der Waals surface area contributed by atoms with Crippen molar-refractivity contribution in [1.29, 1.82) is 0 Å². The quantitative estimate of drug-likeness (QED) is 0.596. The highest BCUT2D eigenvalue weighted by Crippen LogP contribution is 2.23. The van der Waals surface area contributed by atoms with Crippen LogP contribution < -0.4 is 4.72 Å². The SMILES string of the molecule is Cc1cnc(NS(=O)(=O)c2ccc(C(C)C)cc2)c(C(=O)c2cccc(F)c2)c1. The third-order valence-corrected chi connectivity index (χ3v) is 5.80. The van der Waals surface area contributed by atoms with E-state index in [1.807, 2.05) is 13.8 Å². The first-order valence-electron chi connectivity index (χ1n) is 9.07. The summed E-state index contributed by atoms with van der Waals surface area (Å²) in [5.41, 5.74) is 1.85. The van der Waals surface area contributed by atoms with E-state index in [1.165, 1.54) is 42.6 Å². The molecule has 0 radical (unpaired) electrons. The van der Waals surface area contributed by atoms with Crippen molar-refractivity contribution in [2.75, 3.05) is 4.72 Å². The van der Waals surface area contributed by atoms with Gasteiger partial charge in [-0.3, -0.25) is 9.52 Å². The van der Waals surface area contributed by atoms with Gasteiger partial charge in [-0.25, -0.2) is 17.8 Å². The van der Waals surface area contributed by atoms with E-state index >= 15 is 0 Å². The number of sulfonamides is 1. The molecule has 1 heterocycles. The second-order valence-corrected chi connectivity index (χ2v) is 8.76. The molecule has 0 aliphatic heterocycles. The number of carbonyl (C=O) groups excluding carboxylic acids is 1. The van der Waals surface area contributed by atoms with Gasteiger partial charge in [0.2, 0.25) is 0 Å². The minimum atomic E-state index is -3.95. The van der Waals surface area contributed by atoms with E-state index in [4.69, 9.17) is 0 Å². The van der Waals surface area contributed by atoms with Gasteiger partial charge < -0.3 is 0 Å². The molecule has 3 rings (SSSR count). The summed E-state index contributed by atoms with van der Waals surface area (Å²) < 4.78 is 41.5. The maximum atomic E-state index is 13.5. The number of anilines is 1. The first-order valence-corrected chi connectivity index (χ1v) is 10.6. The molecule has 0 saturated carbocycles. The van der Waals surface area contributed by atoms with Crippen LogP contribution in [0.15, 0.2) is 65.7 Å². The smallest absolute Gasteiger partial charge is 0.263 e. The van der Waals surface area contributed by atoms with Gasteiger partial charge in [-0.1, -0.05) is 38.1 Å². The summed E-state index contributed by atoms with van der Waals surface area (Å²) >= 11 is 0. The average molecular weight is 412 g/mol. The van der Waals surface area contributed by atoms with Gasteiger partial charge in [-0.05, 0) is 54.3 Å². The molecule has 0 amide bonds. The number of carbonyl (C=O) groups is 1. The van der Waals surface area contributed by atoms with Crippen LogP contribution in [0.1, 0.15) is 46.8 Å². The topological polar surface area (TPSA) is 76.1 Å². The second-order valence-electron chi connectivity index (χ2n) is 7.08. The minimum absolute atomic E-state index is 0.0537. The molecule has 1 aromatic heterocycles. The number of hydrogen-bond donors (Lipinski definition) is 1. The highest BCUT2D eigenvalue weighted by molar-refractivity contribution is 7.92. The number of nitrogens with zero attached hydrogens (tertiary/aromatic N) is 1. The van der Waals surface area contributed by atoms with E-state index in [1.54, 1.807) is 19.1 Å². The molecule has 0 atom stereocenters. The summed E-state index contributed by atoms with van der Waals surface area (Å²) in [6, 6.07) is 13.3. The Hall–Kier alpha value is -3.06. The van der Waals surface area contributed by atoms with Crippen LogP contribution in [0.25, 0.3) is 0 Å². The molecule has 0 fully saturated rings. The van der Waals surface area contributed by atoms with Gasteiger partial charge in [0, 0.05) is 11.8 Å². The number of ketones is 1. The van der Waals surface area contributed by atoms with E-state index in [-0.39, 0.29) is 27.8 Å². The van der Waals surface area contributed by atoms with Gasteiger partial charge in [0.1, 0.15) is 5.82 Å². The lowest BCUT2D eigenvalue weighted by atomic mass is 10.0. The zero-order valence-corrected chi connectivity index (χ0v) is 17.1. The largest absolute Gasteiger partial charge is 0.288 e. The van der Waals surface area contributed by atoms with Crippen LogP contribution in [-0.4, -0.2) is 19.2 Å². The van der Waals surface area contributed by atoms with Gasteiger partial charge in [0.05, 0.1) is 10.5 Å². The number of aryl methyl sites for hydroxylation is 1. The van der Waals surface area contributed by atoms with Crippen molar-refractivity contribution in [3.63, 3.8) is 0 Å². The standard InChI is InChI=1S/C22H21FN2O3S/c1-14(2)16-7-9-19(10-8-16)29(27,28)25-22-20(11-15(3)13-24-22)21(26)17-5-4-6-18(23)12-17/h4-14H,1-3H3,(H,24,25). The zero-order chi connectivity index (χ0) is 21.2. The van der Waals surface area contributed by atoms with Gasteiger partial charge in [0.15, 0.2) is 11.6 Å². The number of aromatic nitrogens is 1. The summed E-state index contributed by atoms with van der Waals surface area (Å²) in [7, 11) is -3.95. The van der Waals surface area contributed by atoms with Crippen molar-refractivity contribution in [2.24, 2.45) is 0 Å². The molecule has 0 bridgehead atoms. The molecule has 0 saturated heterocycles. The highest BCUT2D eigenvalue weighted by atomic mass is 32.2. The van der Waals surface area contributed by atoms with Crippen LogP contribution in [0.4, 0.5) is 10.2 Å². The van der Waals surface area contributed by atoms with Crippen molar-refractivity contribution in [3.8, 4) is 0 Å². The summed E-state index contributed by atoms with van der Waals surface area (Å²) in [6.07, 6.45) is 1.46. The molecule has 0 aliphatic carbocycles. The van der Waals surface area contributed by atoms with E-state index < -0.39 is 21.6 Å². The fraction of sp³-hybridized carbons (Fsp3) is 0.182. The molecule has 3 aromatic rings. The predicted molar refractivity (Wildman–Crippen MR) is 110 cm³/mol. The third-order valence-electron chi connectivity index (χ3n) is 4.44. The number of hydrogen-bond acceptors (Lipinski definition) is 4. The Morgan fingerprint density at radius 1 is 1.07 bits per heavy atom. The van der Waals surface area contributed by atoms with Crippen molar-refractivity contribution in [2.45, 2.75) is 31.6 Å². The van der Waals surface area contributed by atoms with Crippen molar-refractivity contribution < 1.29 is 17.6 Å². The number of rotatable bonds is 6. The molecule has 1 N–H and O–H groups in total. The lowest BCUT2D eigenvalue weighted by molar-refractivity contribution is 0.103. The molecular weight excluding hydrogens is 391 g/mol. The Morgan fingerprint density at radius 3 is 2.38 bits per heavy atom. The first kappa shape index (κ1) is 20.7. The van der Waals surface area contributed by atoms with Gasteiger partial charge in [0.25, 0.3) is 10.0 Å². The van der Waals surface area contributed by atoms with Crippen LogP contribution in [0, 0.1) is 12.7 Å². The fourth-order valence-electron chi connectivity index (χ4n) is 2.83. The van der Waals surface area contributed by atoms with Crippen LogP contribution in [0.3, 0.4) is 0 Å². The average Bonchev–Trinajstić information content (AvgIpc) is 2.68. The molecule has 7 heteroatoms. The van der Waals surface area contributed by atoms with Crippen molar-refractivity contribution in [3.05, 3.63) is 88.9 Å². The predicted octanol–water partition coefficient (Wildman–Crippen LogP) is 4.68. The molecule has 2 aromatic carbocycles. The molecule has 0 aliphatic rings. The molecule has 5 nitrogen and oxygen atoms in total. The van der Waals surface area contributed by atoms with E-state index in [0.29, 0.717) is 5.56 Å². The van der Waals surface area contributed by atoms with Crippen LogP contribution >= 0.6 is 0 Å². The maximum Gasteiger partial charge on any atom is 0.263 e. The number of halogens is 1.